The van der Waals surface area contributed by atoms with E-state index in [4.69, 9.17) is 4.74 Å². The summed E-state index contributed by atoms with van der Waals surface area (Å²) in [5.41, 5.74) is 1.00. The molecule has 1 amide bonds. The Morgan fingerprint density at radius 3 is 2.86 bits per heavy atom. The molecule has 1 unspecified atom stereocenters. The largest absolute Gasteiger partial charge is 0.469 e. The van der Waals surface area contributed by atoms with E-state index in [-0.39, 0.29) is 24.4 Å². The zero-order chi connectivity index (χ0) is 15.4. The van der Waals surface area contributed by atoms with Gasteiger partial charge in [-0.05, 0) is 30.7 Å². The first-order valence-electron chi connectivity index (χ1n) is 6.74. The third-order valence-electron chi connectivity index (χ3n) is 3.34. The number of amides is 1. The predicted octanol–water partition coefficient (Wildman–Crippen LogP) is 1.54. The molecule has 2 rings (SSSR count). The Morgan fingerprint density at radius 2 is 2.19 bits per heavy atom. The number of hydrogen-bond acceptors (Lipinski definition) is 4. The van der Waals surface area contributed by atoms with Crippen LogP contribution in [0.3, 0.4) is 0 Å². The number of benzene rings is 1. The number of hydrogen-bond donors (Lipinski definition) is 0. The quantitative estimate of drug-likeness (QED) is 0.794. The molecule has 114 valence electrons. The van der Waals surface area contributed by atoms with Crippen molar-refractivity contribution in [3.63, 3.8) is 0 Å². The van der Waals surface area contributed by atoms with Crippen molar-refractivity contribution >= 4 is 11.9 Å². The average Bonchev–Trinajstić information content (AvgIpc) is 2.45. The number of carbonyl (C=O) groups is 2. The number of nitrogens with zero attached hydrogens (tertiary/aromatic N) is 1. The zero-order valence-electron chi connectivity index (χ0n) is 12.1. The molecule has 0 aliphatic carbocycles. The molecule has 1 saturated heterocycles. The van der Waals surface area contributed by atoms with Crippen molar-refractivity contribution < 1.29 is 23.5 Å². The number of morpholine rings is 1. The highest BCUT2D eigenvalue weighted by molar-refractivity contribution is 5.94. The molecule has 1 aliphatic rings. The van der Waals surface area contributed by atoms with E-state index in [1.165, 1.54) is 19.2 Å². The van der Waals surface area contributed by atoms with Crippen LogP contribution in [-0.2, 0) is 14.3 Å². The lowest BCUT2D eigenvalue weighted by atomic mass is 10.1. The van der Waals surface area contributed by atoms with Gasteiger partial charge < -0.3 is 14.4 Å². The highest BCUT2D eigenvalue weighted by Crippen LogP contribution is 2.15. The Bertz CT molecular complexity index is 526. The van der Waals surface area contributed by atoms with Crippen LogP contribution in [-0.4, -0.2) is 49.7 Å². The van der Waals surface area contributed by atoms with Gasteiger partial charge in [-0.1, -0.05) is 0 Å². The van der Waals surface area contributed by atoms with E-state index in [2.05, 4.69) is 4.74 Å². The molecule has 6 heteroatoms. The summed E-state index contributed by atoms with van der Waals surface area (Å²) in [4.78, 5) is 25.2. The molecule has 0 aromatic heterocycles. The van der Waals surface area contributed by atoms with Crippen LogP contribution in [0.4, 0.5) is 4.39 Å². The van der Waals surface area contributed by atoms with Crippen LogP contribution in [0.1, 0.15) is 22.3 Å². The molecule has 0 radical (unpaired) electrons. The maximum atomic E-state index is 13.4. The van der Waals surface area contributed by atoms with Gasteiger partial charge in [0.1, 0.15) is 5.82 Å². The molecule has 5 nitrogen and oxygen atoms in total. The molecule has 0 bridgehead atoms. The molecule has 1 fully saturated rings. The second-order valence-corrected chi connectivity index (χ2v) is 5.04. The number of methoxy groups -OCH3 is 1. The van der Waals surface area contributed by atoms with E-state index in [0.29, 0.717) is 30.8 Å². The van der Waals surface area contributed by atoms with Gasteiger partial charge in [0, 0.05) is 18.7 Å². The SMILES string of the molecule is COC(=O)CC1CN(C(=O)c2cc(C)cc(F)c2)CCO1. The van der Waals surface area contributed by atoms with Gasteiger partial charge in [-0.25, -0.2) is 4.39 Å². The second kappa shape index (κ2) is 6.67. The van der Waals surface area contributed by atoms with E-state index in [9.17, 15) is 14.0 Å². The Hall–Kier alpha value is -1.95. The number of ether oxygens (including phenoxy) is 2. The fourth-order valence-electron chi connectivity index (χ4n) is 2.34. The van der Waals surface area contributed by atoms with Gasteiger partial charge in [0.2, 0.25) is 0 Å². The van der Waals surface area contributed by atoms with Crippen molar-refractivity contribution in [2.24, 2.45) is 0 Å². The fourth-order valence-corrected chi connectivity index (χ4v) is 2.34. The lowest BCUT2D eigenvalue weighted by Crippen LogP contribution is -2.46. The molecular weight excluding hydrogens is 277 g/mol. The third-order valence-corrected chi connectivity index (χ3v) is 3.34. The zero-order valence-corrected chi connectivity index (χ0v) is 12.1. The molecule has 1 aromatic carbocycles. The van der Waals surface area contributed by atoms with Crippen molar-refractivity contribution in [1.29, 1.82) is 0 Å². The summed E-state index contributed by atoms with van der Waals surface area (Å²) in [5.74, 6) is -1.07. The number of carbonyl (C=O) groups excluding carboxylic acids is 2. The topological polar surface area (TPSA) is 55.8 Å². The van der Waals surface area contributed by atoms with Crippen molar-refractivity contribution in [1.82, 2.24) is 4.90 Å². The van der Waals surface area contributed by atoms with Crippen LogP contribution in [0, 0.1) is 12.7 Å². The number of halogens is 1. The molecule has 1 atom stereocenters. The number of aryl methyl sites for hydroxylation is 1. The van der Waals surface area contributed by atoms with Crippen molar-refractivity contribution in [2.45, 2.75) is 19.4 Å². The van der Waals surface area contributed by atoms with Gasteiger partial charge in [0.25, 0.3) is 5.91 Å². The molecule has 1 aliphatic heterocycles. The highest BCUT2D eigenvalue weighted by Gasteiger charge is 2.27. The summed E-state index contributed by atoms with van der Waals surface area (Å²) >= 11 is 0. The summed E-state index contributed by atoms with van der Waals surface area (Å²) in [5, 5.41) is 0. The first-order chi connectivity index (χ1) is 9.99. The molecule has 0 saturated carbocycles. The summed E-state index contributed by atoms with van der Waals surface area (Å²) in [6, 6.07) is 4.24. The molecule has 1 aromatic rings. The monoisotopic (exact) mass is 295 g/mol. The van der Waals surface area contributed by atoms with E-state index in [0.717, 1.165) is 0 Å². The highest BCUT2D eigenvalue weighted by atomic mass is 19.1. The van der Waals surface area contributed by atoms with Gasteiger partial charge in [-0.15, -0.1) is 0 Å². The Morgan fingerprint density at radius 1 is 1.43 bits per heavy atom. The third kappa shape index (κ3) is 4.01. The first kappa shape index (κ1) is 15.4. The standard InChI is InChI=1S/C15H18FNO4/c1-10-5-11(7-12(16)6-10)15(19)17-3-4-21-13(9-17)8-14(18)20-2/h5-7,13H,3-4,8-9H2,1-2H3. The maximum absolute atomic E-state index is 13.4. The van der Waals surface area contributed by atoms with Crippen molar-refractivity contribution in [2.75, 3.05) is 26.8 Å². The molecule has 0 N–H and O–H groups in total. The summed E-state index contributed by atoms with van der Waals surface area (Å²) < 4.78 is 23.4. The fraction of sp³-hybridized carbons (Fsp3) is 0.467. The molecule has 0 spiro atoms. The van der Waals surface area contributed by atoms with Crippen LogP contribution in [0.15, 0.2) is 18.2 Å². The van der Waals surface area contributed by atoms with Crippen LogP contribution in [0.5, 0.6) is 0 Å². The van der Waals surface area contributed by atoms with Crippen LogP contribution < -0.4 is 0 Å². The van der Waals surface area contributed by atoms with Gasteiger partial charge in [0.15, 0.2) is 0 Å². The Kier molecular flexibility index (Phi) is 4.90. The molecular formula is C15H18FNO4. The molecule has 1 heterocycles. The summed E-state index contributed by atoms with van der Waals surface area (Å²) in [6.07, 6.45) is -0.285. The smallest absolute Gasteiger partial charge is 0.308 e. The number of esters is 1. The molecule has 21 heavy (non-hydrogen) atoms. The van der Waals surface area contributed by atoms with Gasteiger partial charge in [0.05, 0.1) is 26.2 Å². The normalized spacial score (nSPS) is 18.4. The van der Waals surface area contributed by atoms with Crippen molar-refractivity contribution in [3.8, 4) is 0 Å². The van der Waals surface area contributed by atoms with Crippen LogP contribution >= 0.6 is 0 Å². The maximum Gasteiger partial charge on any atom is 0.308 e. The summed E-state index contributed by atoms with van der Waals surface area (Å²) in [6.45, 7) is 2.80. The Balaban J connectivity index is 2.06. The van der Waals surface area contributed by atoms with Crippen molar-refractivity contribution in [3.05, 3.63) is 35.1 Å². The van der Waals surface area contributed by atoms with Gasteiger partial charge in [-0.3, -0.25) is 9.59 Å². The lowest BCUT2D eigenvalue weighted by molar-refractivity contribution is -0.145. The first-order valence-corrected chi connectivity index (χ1v) is 6.74. The van der Waals surface area contributed by atoms with E-state index >= 15 is 0 Å². The average molecular weight is 295 g/mol. The summed E-state index contributed by atoms with van der Waals surface area (Å²) in [7, 11) is 1.31. The van der Waals surface area contributed by atoms with Gasteiger partial charge in [-0.2, -0.15) is 0 Å². The minimum atomic E-state index is -0.433. The Labute approximate surface area is 122 Å². The minimum Gasteiger partial charge on any atom is -0.469 e. The minimum absolute atomic E-state index is 0.0997. The van der Waals surface area contributed by atoms with E-state index < -0.39 is 5.82 Å². The number of rotatable bonds is 3. The lowest BCUT2D eigenvalue weighted by Gasteiger charge is -2.32. The van der Waals surface area contributed by atoms with E-state index in [1.807, 2.05) is 0 Å². The second-order valence-electron chi connectivity index (χ2n) is 5.04. The predicted molar refractivity (Wildman–Crippen MR) is 73.4 cm³/mol. The van der Waals surface area contributed by atoms with Crippen LogP contribution in [0.25, 0.3) is 0 Å². The van der Waals surface area contributed by atoms with E-state index in [1.54, 1.807) is 17.9 Å². The van der Waals surface area contributed by atoms with Gasteiger partial charge >= 0.3 is 5.97 Å². The van der Waals surface area contributed by atoms with Crippen LogP contribution in [0.2, 0.25) is 0 Å².